The third kappa shape index (κ3) is 3.47. The molecule has 1 atom stereocenters. The Balaban J connectivity index is 2.82. The van der Waals surface area contributed by atoms with Crippen LogP contribution in [0.25, 0.3) is 0 Å². The molecule has 1 heterocycles. The molecule has 0 aliphatic rings. The third-order valence-electron chi connectivity index (χ3n) is 2.57. The van der Waals surface area contributed by atoms with Crippen LogP contribution in [0.4, 0.5) is 0 Å². The summed E-state index contributed by atoms with van der Waals surface area (Å²) in [6, 6.07) is 0. The Hall–Kier alpha value is -1.12. The fourth-order valence-electron chi connectivity index (χ4n) is 1.59. The van der Waals surface area contributed by atoms with Crippen LogP contribution < -0.4 is 4.74 Å². The van der Waals surface area contributed by atoms with Gasteiger partial charge < -0.3 is 4.74 Å². The van der Waals surface area contributed by atoms with Gasteiger partial charge in [-0.05, 0) is 26.2 Å². The summed E-state index contributed by atoms with van der Waals surface area (Å²) in [4.78, 5) is 8.89. The normalized spacial score (nSPS) is 12.5. The maximum atomic E-state index is 5.85. The number of rotatable bonds is 6. The molecule has 0 amide bonds. The van der Waals surface area contributed by atoms with E-state index in [0.29, 0.717) is 0 Å². The Labute approximate surface area is 98.3 Å². The molecule has 1 aromatic rings. The predicted octanol–water partition coefficient (Wildman–Crippen LogP) is 3.17. The molecule has 0 spiro atoms. The second-order valence-electron chi connectivity index (χ2n) is 4.04. The minimum atomic E-state index is 0.219. The highest BCUT2D eigenvalue weighted by molar-refractivity contribution is 5.20. The van der Waals surface area contributed by atoms with Crippen LogP contribution in [0.15, 0.2) is 6.20 Å². The highest BCUT2D eigenvalue weighted by atomic mass is 16.5. The monoisotopic (exact) mass is 222 g/mol. The van der Waals surface area contributed by atoms with E-state index in [2.05, 4.69) is 37.7 Å². The van der Waals surface area contributed by atoms with Crippen LogP contribution in [0, 0.1) is 0 Å². The van der Waals surface area contributed by atoms with E-state index < -0.39 is 0 Å². The Morgan fingerprint density at radius 1 is 1.25 bits per heavy atom. The van der Waals surface area contributed by atoms with Crippen molar-refractivity contribution in [2.45, 2.75) is 59.5 Å². The molecule has 3 heteroatoms. The Morgan fingerprint density at radius 2 is 2.00 bits per heavy atom. The van der Waals surface area contributed by atoms with Gasteiger partial charge in [-0.3, -0.25) is 4.98 Å². The number of aromatic nitrogens is 2. The van der Waals surface area contributed by atoms with Gasteiger partial charge in [0.25, 0.3) is 0 Å². The van der Waals surface area contributed by atoms with Gasteiger partial charge in [0.2, 0.25) is 5.88 Å². The molecule has 90 valence electrons. The maximum Gasteiger partial charge on any atom is 0.236 e. The van der Waals surface area contributed by atoms with Crippen molar-refractivity contribution in [1.29, 1.82) is 0 Å². The van der Waals surface area contributed by atoms with Gasteiger partial charge in [-0.15, -0.1) is 0 Å². The third-order valence-corrected chi connectivity index (χ3v) is 2.57. The summed E-state index contributed by atoms with van der Waals surface area (Å²) in [6.07, 6.45) is 6.01. The summed E-state index contributed by atoms with van der Waals surface area (Å²) in [6.45, 7) is 8.40. The topological polar surface area (TPSA) is 35.0 Å². The average molecular weight is 222 g/mol. The molecule has 0 aliphatic heterocycles. The number of hydrogen-bond donors (Lipinski definition) is 0. The molecule has 1 rings (SSSR count). The number of nitrogens with zero attached hydrogens (tertiary/aromatic N) is 2. The lowest BCUT2D eigenvalue weighted by atomic mass is 10.2. The fourth-order valence-corrected chi connectivity index (χ4v) is 1.59. The largest absolute Gasteiger partial charge is 0.473 e. The first kappa shape index (κ1) is 12.9. The van der Waals surface area contributed by atoms with Gasteiger partial charge in [0.15, 0.2) is 0 Å². The quantitative estimate of drug-likeness (QED) is 0.741. The van der Waals surface area contributed by atoms with E-state index in [1.54, 1.807) is 0 Å². The van der Waals surface area contributed by atoms with Crippen molar-refractivity contribution in [2.75, 3.05) is 0 Å². The highest BCUT2D eigenvalue weighted by Crippen LogP contribution is 2.17. The molecule has 0 N–H and O–H groups in total. The van der Waals surface area contributed by atoms with Crippen LogP contribution >= 0.6 is 0 Å². The van der Waals surface area contributed by atoms with Crippen LogP contribution in [0.3, 0.4) is 0 Å². The average Bonchev–Trinajstić information content (AvgIpc) is 2.29. The Morgan fingerprint density at radius 3 is 2.56 bits per heavy atom. The number of aryl methyl sites for hydroxylation is 2. The summed E-state index contributed by atoms with van der Waals surface area (Å²) >= 11 is 0. The zero-order valence-corrected chi connectivity index (χ0v) is 10.8. The first-order chi connectivity index (χ1) is 7.71. The first-order valence-electron chi connectivity index (χ1n) is 6.22. The molecule has 3 nitrogen and oxygen atoms in total. The van der Waals surface area contributed by atoms with Gasteiger partial charge in [0.1, 0.15) is 5.69 Å². The van der Waals surface area contributed by atoms with Gasteiger partial charge >= 0.3 is 0 Å². The minimum Gasteiger partial charge on any atom is -0.473 e. The molecule has 1 unspecified atom stereocenters. The van der Waals surface area contributed by atoms with E-state index in [4.69, 9.17) is 4.74 Å². The van der Waals surface area contributed by atoms with Gasteiger partial charge in [-0.25, -0.2) is 4.98 Å². The van der Waals surface area contributed by atoms with Crippen molar-refractivity contribution in [3.63, 3.8) is 0 Å². The second kappa shape index (κ2) is 6.46. The number of ether oxygens (including phenoxy) is 1. The van der Waals surface area contributed by atoms with Crippen molar-refractivity contribution in [2.24, 2.45) is 0 Å². The Kier molecular flexibility index (Phi) is 5.23. The van der Waals surface area contributed by atoms with Crippen LogP contribution in [0.2, 0.25) is 0 Å². The summed E-state index contributed by atoms with van der Waals surface area (Å²) in [5, 5.41) is 0. The molecule has 0 radical (unpaired) electrons. The summed E-state index contributed by atoms with van der Waals surface area (Å²) in [5.74, 6) is 0.725. The minimum absolute atomic E-state index is 0.219. The van der Waals surface area contributed by atoms with E-state index in [1.807, 2.05) is 6.20 Å². The number of hydrogen-bond acceptors (Lipinski definition) is 3. The highest BCUT2D eigenvalue weighted by Gasteiger charge is 2.10. The summed E-state index contributed by atoms with van der Waals surface area (Å²) in [5.41, 5.74) is 1.95. The molecule has 16 heavy (non-hydrogen) atoms. The second-order valence-corrected chi connectivity index (χ2v) is 4.04. The first-order valence-corrected chi connectivity index (χ1v) is 6.22. The SMILES string of the molecule is CCCC(C)Oc1nc(CC)cnc1CC. The lowest BCUT2D eigenvalue weighted by Crippen LogP contribution is -2.14. The molecular formula is C13H22N2O. The van der Waals surface area contributed by atoms with Crippen molar-refractivity contribution in [3.8, 4) is 5.88 Å². The molecule has 1 aromatic heterocycles. The summed E-state index contributed by atoms with van der Waals surface area (Å²) < 4.78 is 5.85. The van der Waals surface area contributed by atoms with E-state index in [-0.39, 0.29) is 6.10 Å². The molecule has 0 bridgehead atoms. The Bertz CT molecular complexity index is 326. The van der Waals surface area contributed by atoms with Gasteiger partial charge in [0.05, 0.1) is 11.8 Å². The van der Waals surface area contributed by atoms with E-state index in [0.717, 1.165) is 43.0 Å². The molecule has 0 aromatic carbocycles. The van der Waals surface area contributed by atoms with Crippen molar-refractivity contribution in [3.05, 3.63) is 17.6 Å². The molecule has 0 saturated carbocycles. The van der Waals surface area contributed by atoms with Crippen LogP contribution in [0.1, 0.15) is 51.9 Å². The van der Waals surface area contributed by atoms with Gasteiger partial charge in [0, 0.05) is 6.20 Å². The van der Waals surface area contributed by atoms with Crippen LogP contribution in [0.5, 0.6) is 5.88 Å². The standard InChI is InChI=1S/C13H22N2O/c1-5-8-10(4)16-13-12(7-3)14-9-11(6-2)15-13/h9-10H,5-8H2,1-4H3. The van der Waals surface area contributed by atoms with Crippen LogP contribution in [-0.2, 0) is 12.8 Å². The van der Waals surface area contributed by atoms with Crippen molar-refractivity contribution >= 4 is 0 Å². The van der Waals surface area contributed by atoms with E-state index in [1.165, 1.54) is 0 Å². The smallest absolute Gasteiger partial charge is 0.236 e. The zero-order chi connectivity index (χ0) is 12.0. The summed E-state index contributed by atoms with van der Waals surface area (Å²) in [7, 11) is 0. The molecule has 0 saturated heterocycles. The molecule has 0 aliphatic carbocycles. The zero-order valence-electron chi connectivity index (χ0n) is 10.8. The maximum absolute atomic E-state index is 5.85. The lowest BCUT2D eigenvalue weighted by molar-refractivity contribution is 0.197. The van der Waals surface area contributed by atoms with Crippen LogP contribution in [-0.4, -0.2) is 16.1 Å². The van der Waals surface area contributed by atoms with Gasteiger partial charge in [-0.2, -0.15) is 0 Å². The predicted molar refractivity (Wildman–Crippen MR) is 65.8 cm³/mol. The molecular weight excluding hydrogens is 200 g/mol. The van der Waals surface area contributed by atoms with E-state index in [9.17, 15) is 0 Å². The van der Waals surface area contributed by atoms with Crippen molar-refractivity contribution < 1.29 is 4.74 Å². The molecule has 0 fully saturated rings. The fraction of sp³-hybridized carbons (Fsp3) is 0.692. The van der Waals surface area contributed by atoms with Crippen molar-refractivity contribution in [1.82, 2.24) is 9.97 Å². The van der Waals surface area contributed by atoms with E-state index >= 15 is 0 Å². The van der Waals surface area contributed by atoms with Gasteiger partial charge in [-0.1, -0.05) is 27.2 Å². The lowest BCUT2D eigenvalue weighted by Gasteiger charge is -2.15.